The zero-order valence-electron chi connectivity index (χ0n) is 5.96. The molecule has 2 atom stereocenters. The van der Waals surface area contributed by atoms with Crippen molar-refractivity contribution in [2.75, 3.05) is 0 Å². The van der Waals surface area contributed by atoms with Gasteiger partial charge in [-0.1, -0.05) is 0 Å². The van der Waals surface area contributed by atoms with Gasteiger partial charge >= 0.3 is 0 Å². The molecule has 0 aliphatic heterocycles. The molecular weight excluding hydrogens is 126 g/mol. The quantitative estimate of drug-likeness (QED) is 0.593. The largest absolute Gasteiger partial charge is 0.327 e. The SMILES string of the molecule is Cc1cc(C2CC2N)n[nH]1. The van der Waals surface area contributed by atoms with Crippen LogP contribution in [0.1, 0.15) is 23.7 Å². The van der Waals surface area contributed by atoms with Gasteiger partial charge in [0.2, 0.25) is 0 Å². The van der Waals surface area contributed by atoms with Gasteiger partial charge in [0.15, 0.2) is 0 Å². The summed E-state index contributed by atoms with van der Waals surface area (Å²) in [5.74, 6) is 0.532. The second kappa shape index (κ2) is 1.83. The lowest BCUT2D eigenvalue weighted by molar-refractivity contribution is 0.914. The van der Waals surface area contributed by atoms with E-state index in [4.69, 9.17) is 5.73 Å². The number of aromatic amines is 1. The van der Waals surface area contributed by atoms with Crippen LogP contribution in [0, 0.1) is 6.92 Å². The number of nitrogens with zero attached hydrogens (tertiary/aromatic N) is 1. The number of hydrogen-bond donors (Lipinski definition) is 2. The van der Waals surface area contributed by atoms with Gasteiger partial charge in [-0.3, -0.25) is 5.10 Å². The number of H-pyrrole nitrogens is 1. The molecule has 1 saturated carbocycles. The van der Waals surface area contributed by atoms with Crippen LogP contribution in [0.3, 0.4) is 0 Å². The van der Waals surface area contributed by atoms with Gasteiger partial charge < -0.3 is 5.73 Å². The van der Waals surface area contributed by atoms with Crippen LogP contribution in [-0.4, -0.2) is 16.2 Å². The first-order valence-electron chi connectivity index (χ1n) is 3.55. The zero-order valence-corrected chi connectivity index (χ0v) is 5.96. The molecule has 1 aliphatic rings. The van der Waals surface area contributed by atoms with E-state index in [9.17, 15) is 0 Å². The maximum atomic E-state index is 5.65. The first-order valence-corrected chi connectivity index (χ1v) is 3.55. The summed E-state index contributed by atoms with van der Waals surface area (Å²) in [7, 11) is 0. The second-order valence-corrected chi connectivity index (χ2v) is 2.98. The standard InChI is InChI=1S/C7H11N3/c1-4-2-7(10-9-4)5-3-6(5)8/h2,5-6H,3,8H2,1H3,(H,9,10). The van der Waals surface area contributed by atoms with E-state index < -0.39 is 0 Å². The number of aryl methyl sites for hydroxylation is 1. The van der Waals surface area contributed by atoms with Crippen LogP contribution in [0.25, 0.3) is 0 Å². The fraction of sp³-hybridized carbons (Fsp3) is 0.571. The highest BCUT2D eigenvalue weighted by atomic mass is 15.1. The Bertz CT molecular complexity index is 241. The van der Waals surface area contributed by atoms with Crippen LogP contribution in [0.15, 0.2) is 6.07 Å². The topological polar surface area (TPSA) is 54.7 Å². The lowest BCUT2D eigenvalue weighted by atomic mass is 10.3. The van der Waals surface area contributed by atoms with Gasteiger partial charge in [-0.2, -0.15) is 5.10 Å². The third kappa shape index (κ3) is 0.827. The van der Waals surface area contributed by atoms with E-state index in [1.165, 1.54) is 0 Å². The third-order valence-corrected chi connectivity index (χ3v) is 1.95. The van der Waals surface area contributed by atoms with Gasteiger partial charge in [0.25, 0.3) is 0 Å². The Balaban J connectivity index is 2.20. The average Bonchev–Trinajstić information content (AvgIpc) is 2.42. The molecule has 1 aliphatic carbocycles. The highest BCUT2D eigenvalue weighted by Crippen LogP contribution is 2.37. The predicted molar refractivity (Wildman–Crippen MR) is 38.7 cm³/mol. The first-order chi connectivity index (χ1) is 4.77. The molecule has 2 unspecified atom stereocenters. The molecule has 3 heteroatoms. The lowest BCUT2D eigenvalue weighted by Crippen LogP contribution is -2.00. The Labute approximate surface area is 59.6 Å². The molecule has 54 valence electrons. The summed E-state index contributed by atoms with van der Waals surface area (Å²) >= 11 is 0. The predicted octanol–water partition coefficient (Wildman–Crippen LogP) is 0.533. The van der Waals surface area contributed by atoms with E-state index in [0.717, 1.165) is 17.8 Å². The van der Waals surface area contributed by atoms with Crippen LogP contribution < -0.4 is 5.73 Å². The van der Waals surface area contributed by atoms with Gasteiger partial charge in [0, 0.05) is 17.7 Å². The highest BCUT2D eigenvalue weighted by molar-refractivity contribution is 5.21. The number of rotatable bonds is 1. The van der Waals surface area contributed by atoms with Gasteiger partial charge in [-0.15, -0.1) is 0 Å². The fourth-order valence-electron chi connectivity index (χ4n) is 1.18. The monoisotopic (exact) mass is 137 g/mol. The number of nitrogens with one attached hydrogen (secondary N) is 1. The maximum absolute atomic E-state index is 5.65. The molecule has 0 radical (unpaired) electrons. The summed E-state index contributed by atoms with van der Waals surface area (Å²) in [5.41, 5.74) is 7.90. The van der Waals surface area contributed by atoms with E-state index >= 15 is 0 Å². The summed E-state index contributed by atoms with van der Waals surface area (Å²) in [5, 5.41) is 7.03. The minimum absolute atomic E-state index is 0.364. The highest BCUT2D eigenvalue weighted by Gasteiger charge is 2.36. The molecule has 0 amide bonds. The van der Waals surface area contributed by atoms with Crippen molar-refractivity contribution in [3.63, 3.8) is 0 Å². The third-order valence-electron chi connectivity index (χ3n) is 1.95. The fourth-order valence-corrected chi connectivity index (χ4v) is 1.18. The molecule has 10 heavy (non-hydrogen) atoms. The molecule has 3 N–H and O–H groups in total. The van der Waals surface area contributed by atoms with Crippen molar-refractivity contribution in [2.24, 2.45) is 5.73 Å². The molecule has 1 aromatic rings. The summed E-state index contributed by atoms with van der Waals surface area (Å²) in [4.78, 5) is 0. The second-order valence-electron chi connectivity index (χ2n) is 2.98. The van der Waals surface area contributed by atoms with E-state index in [2.05, 4.69) is 16.3 Å². The molecule has 0 spiro atoms. The number of nitrogens with two attached hydrogens (primary N) is 1. The smallest absolute Gasteiger partial charge is 0.0671 e. The summed E-state index contributed by atoms with van der Waals surface area (Å²) in [6, 6.07) is 2.43. The van der Waals surface area contributed by atoms with Gasteiger partial charge in [-0.25, -0.2) is 0 Å². The summed E-state index contributed by atoms with van der Waals surface area (Å²) in [6.07, 6.45) is 1.10. The van der Waals surface area contributed by atoms with Crippen molar-refractivity contribution >= 4 is 0 Å². The lowest BCUT2D eigenvalue weighted by Gasteiger charge is -1.85. The van der Waals surface area contributed by atoms with Crippen molar-refractivity contribution in [3.05, 3.63) is 17.5 Å². The number of hydrogen-bond acceptors (Lipinski definition) is 2. The summed E-state index contributed by atoms with van der Waals surface area (Å²) < 4.78 is 0. The van der Waals surface area contributed by atoms with Crippen LogP contribution in [0.4, 0.5) is 0 Å². The Morgan fingerprint density at radius 1 is 1.80 bits per heavy atom. The minimum atomic E-state index is 0.364. The summed E-state index contributed by atoms with van der Waals surface area (Å²) in [6.45, 7) is 2.00. The van der Waals surface area contributed by atoms with Crippen molar-refractivity contribution in [1.82, 2.24) is 10.2 Å². The Morgan fingerprint density at radius 2 is 2.50 bits per heavy atom. The van der Waals surface area contributed by atoms with Crippen LogP contribution in [0.2, 0.25) is 0 Å². The molecule has 2 rings (SSSR count). The normalized spacial score (nSPS) is 30.6. The molecule has 0 bridgehead atoms. The molecule has 1 aromatic heterocycles. The Morgan fingerprint density at radius 3 is 2.90 bits per heavy atom. The molecule has 0 aromatic carbocycles. The molecular formula is C7H11N3. The van der Waals surface area contributed by atoms with Crippen LogP contribution in [0.5, 0.6) is 0 Å². The van der Waals surface area contributed by atoms with Crippen molar-refractivity contribution in [3.8, 4) is 0 Å². The molecule has 0 saturated heterocycles. The van der Waals surface area contributed by atoms with Gasteiger partial charge in [-0.05, 0) is 19.4 Å². The van der Waals surface area contributed by atoms with Crippen molar-refractivity contribution < 1.29 is 0 Å². The Hall–Kier alpha value is -0.830. The molecule has 3 nitrogen and oxygen atoms in total. The van der Waals surface area contributed by atoms with Gasteiger partial charge in [0.05, 0.1) is 5.69 Å². The van der Waals surface area contributed by atoms with Crippen molar-refractivity contribution in [2.45, 2.75) is 25.3 Å². The van der Waals surface area contributed by atoms with Crippen LogP contribution in [-0.2, 0) is 0 Å². The molecule has 1 heterocycles. The Kier molecular flexibility index (Phi) is 1.08. The maximum Gasteiger partial charge on any atom is 0.0671 e. The first kappa shape index (κ1) is 5.92. The van der Waals surface area contributed by atoms with E-state index in [-0.39, 0.29) is 0 Å². The van der Waals surface area contributed by atoms with Crippen LogP contribution >= 0.6 is 0 Å². The van der Waals surface area contributed by atoms with E-state index in [1.54, 1.807) is 0 Å². The minimum Gasteiger partial charge on any atom is -0.327 e. The average molecular weight is 137 g/mol. The number of aromatic nitrogens is 2. The molecule has 1 fully saturated rings. The van der Waals surface area contributed by atoms with E-state index in [0.29, 0.717) is 12.0 Å². The zero-order chi connectivity index (χ0) is 7.14. The van der Waals surface area contributed by atoms with Crippen molar-refractivity contribution in [1.29, 1.82) is 0 Å². The van der Waals surface area contributed by atoms with E-state index in [1.807, 2.05) is 6.92 Å². The van der Waals surface area contributed by atoms with Gasteiger partial charge in [0.1, 0.15) is 0 Å².